The van der Waals surface area contributed by atoms with Crippen LogP contribution in [0.3, 0.4) is 0 Å². The quantitative estimate of drug-likeness (QED) is 0.851. The highest BCUT2D eigenvalue weighted by atomic mass is 19.1. The molecule has 0 spiro atoms. The van der Waals surface area contributed by atoms with Crippen molar-refractivity contribution in [3.63, 3.8) is 0 Å². The van der Waals surface area contributed by atoms with Gasteiger partial charge in [0.2, 0.25) is 0 Å². The molecular formula is C16H17FO. The van der Waals surface area contributed by atoms with Gasteiger partial charge in [-0.05, 0) is 55.2 Å². The maximum absolute atomic E-state index is 12.9. The lowest BCUT2D eigenvalue weighted by Crippen LogP contribution is -2.05. The highest BCUT2D eigenvalue weighted by Crippen LogP contribution is 2.28. The van der Waals surface area contributed by atoms with Gasteiger partial charge in [0.25, 0.3) is 0 Å². The highest BCUT2D eigenvalue weighted by Gasteiger charge is 2.15. The number of halogens is 1. The number of rotatable bonds is 2. The molecule has 0 aromatic heterocycles. The molecule has 0 aliphatic carbocycles. The topological polar surface area (TPSA) is 20.2 Å². The number of aliphatic hydroxyl groups excluding tert-OH is 1. The SMILES string of the molecule is Cc1cc(C)c(C(O)c2ccc(F)cc2)c(C)c1. The summed E-state index contributed by atoms with van der Waals surface area (Å²) >= 11 is 0. The first-order valence-electron chi connectivity index (χ1n) is 6.00. The fourth-order valence-electron chi connectivity index (χ4n) is 2.43. The fraction of sp³-hybridized carbons (Fsp3) is 0.250. The smallest absolute Gasteiger partial charge is 0.123 e. The Morgan fingerprint density at radius 2 is 1.44 bits per heavy atom. The van der Waals surface area contributed by atoms with E-state index in [1.165, 1.54) is 17.7 Å². The lowest BCUT2D eigenvalue weighted by molar-refractivity contribution is 0.218. The average Bonchev–Trinajstić information content (AvgIpc) is 2.28. The van der Waals surface area contributed by atoms with Gasteiger partial charge in [0, 0.05) is 0 Å². The zero-order valence-electron chi connectivity index (χ0n) is 10.9. The zero-order chi connectivity index (χ0) is 13.3. The van der Waals surface area contributed by atoms with Gasteiger partial charge in [-0.2, -0.15) is 0 Å². The van der Waals surface area contributed by atoms with Crippen molar-refractivity contribution in [2.75, 3.05) is 0 Å². The standard InChI is InChI=1S/C16H17FO/c1-10-8-11(2)15(12(3)9-10)16(18)13-4-6-14(17)7-5-13/h4-9,16,18H,1-3H3. The minimum Gasteiger partial charge on any atom is -0.384 e. The second kappa shape index (κ2) is 4.91. The monoisotopic (exact) mass is 244 g/mol. The largest absolute Gasteiger partial charge is 0.384 e. The molecule has 0 saturated carbocycles. The van der Waals surface area contributed by atoms with Gasteiger partial charge in [0.1, 0.15) is 11.9 Å². The molecule has 0 saturated heterocycles. The molecule has 1 atom stereocenters. The summed E-state index contributed by atoms with van der Waals surface area (Å²) in [4.78, 5) is 0. The second-order valence-corrected chi connectivity index (χ2v) is 4.77. The van der Waals surface area contributed by atoms with Crippen LogP contribution in [0.2, 0.25) is 0 Å². The lowest BCUT2D eigenvalue weighted by Gasteiger charge is -2.18. The summed E-state index contributed by atoms with van der Waals surface area (Å²) in [5.74, 6) is -0.289. The molecule has 0 heterocycles. The Balaban J connectivity index is 2.46. The van der Waals surface area contributed by atoms with E-state index in [9.17, 15) is 9.50 Å². The van der Waals surface area contributed by atoms with Crippen molar-refractivity contribution in [3.8, 4) is 0 Å². The van der Waals surface area contributed by atoms with E-state index in [-0.39, 0.29) is 5.82 Å². The highest BCUT2D eigenvalue weighted by molar-refractivity contribution is 5.42. The van der Waals surface area contributed by atoms with Crippen LogP contribution in [0.5, 0.6) is 0 Å². The Morgan fingerprint density at radius 3 is 1.94 bits per heavy atom. The van der Waals surface area contributed by atoms with E-state index >= 15 is 0 Å². The molecular weight excluding hydrogens is 227 g/mol. The van der Waals surface area contributed by atoms with E-state index in [0.717, 1.165) is 16.7 Å². The van der Waals surface area contributed by atoms with Crippen molar-refractivity contribution in [3.05, 3.63) is 70.0 Å². The molecule has 2 rings (SSSR count). The summed E-state index contributed by atoms with van der Waals surface area (Å²) < 4.78 is 12.9. The first-order valence-corrected chi connectivity index (χ1v) is 6.00. The number of aliphatic hydroxyl groups is 1. The van der Waals surface area contributed by atoms with Gasteiger partial charge in [-0.25, -0.2) is 4.39 Å². The van der Waals surface area contributed by atoms with Gasteiger partial charge in [-0.15, -0.1) is 0 Å². The van der Waals surface area contributed by atoms with Gasteiger partial charge in [-0.3, -0.25) is 0 Å². The van der Waals surface area contributed by atoms with Crippen molar-refractivity contribution in [2.45, 2.75) is 26.9 Å². The van der Waals surface area contributed by atoms with Crippen molar-refractivity contribution < 1.29 is 9.50 Å². The Hall–Kier alpha value is -1.67. The molecule has 18 heavy (non-hydrogen) atoms. The van der Waals surface area contributed by atoms with E-state index in [0.29, 0.717) is 5.56 Å². The summed E-state index contributed by atoms with van der Waals surface area (Å²) in [5, 5.41) is 10.4. The third kappa shape index (κ3) is 2.44. The van der Waals surface area contributed by atoms with E-state index in [1.54, 1.807) is 12.1 Å². The minimum absolute atomic E-state index is 0.289. The molecule has 0 radical (unpaired) electrons. The second-order valence-electron chi connectivity index (χ2n) is 4.77. The molecule has 0 amide bonds. The normalized spacial score (nSPS) is 12.5. The number of aryl methyl sites for hydroxylation is 3. The van der Waals surface area contributed by atoms with Crippen LogP contribution in [0.15, 0.2) is 36.4 Å². The van der Waals surface area contributed by atoms with Crippen LogP contribution in [0, 0.1) is 26.6 Å². The van der Waals surface area contributed by atoms with Crippen molar-refractivity contribution in [2.24, 2.45) is 0 Å². The maximum atomic E-state index is 12.9. The molecule has 1 N–H and O–H groups in total. The van der Waals surface area contributed by atoms with Crippen molar-refractivity contribution >= 4 is 0 Å². The third-order valence-corrected chi connectivity index (χ3v) is 3.20. The summed E-state index contributed by atoms with van der Waals surface area (Å²) in [6.45, 7) is 6.01. The van der Waals surface area contributed by atoms with E-state index in [4.69, 9.17) is 0 Å². The number of hydrogen-bond donors (Lipinski definition) is 1. The molecule has 0 bridgehead atoms. The average molecular weight is 244 g/mol. The minimum atomic E-state index is -0.703. The van der Waals surface area contributed by atoms with Gasteiger partial charge < -0.3 is 5.11 Å². The summed E-state index contributed by atoms with van der Waals surface area (Å²) in [6, 6.07) is 10.1. The first-order chi connectivity index (χ1) is 8.49. The summed E-state index contributed by atoms with van der Waals surface area (Å²) in [6.07, 6.45) is -0.703. The molecule has 1 unspecified atom stereocenters. The summed E-state index contributed by atoms with van der Waals surface area (Å²) in [5.41, 5.74) is 4.92. The third-order valence-electron chi connectivity index (χ3n) is 3.20. The van der Waals surface area contributed by atoms with Gasteiger partial charge in [0.05, 0.1) is 0 Å². The van der Waals surface area contributed by atoms with Gasteiger partial charge >= 0.3 is 0 Å². The van der Waals surface area contributed by atoms with Gasteiger partial charge in [-0.1, -0.05) is 29.8 Å². The molecule has 2 aromatic rings. The molecule has 94 valence electrons. The predicted molar refractivity (Wildman–Crippen MR) is 71.1 cm³/mol. The van der Waals surface area contributed by atoms with Crippen LogP contribution in [0.4, 0.5) is 4.39 Å². The van der Waals surface area contributed by atoms with Crippen LogP contribution >= 0.6 is 0 Å². The number of benzene rings is 2. The van der Waals surface area contributed by atoms with Crippen LogP contribution < -0.4 is 0 Å². The summed E-state index contributed by atoms with van der Waals surface area (Å²) in [7, 11) is 0. The van der Waals surface area contributed by atoms with E-state index in [2.05, 4.69) is 12.1 Å². The fourth-order valence-corrected chi connectivity index (χ4v) is 2.43. The van der Waals surface area contributed by atoms with Crippen LogP contribution in [-0.2, 0) is 0 Å². The predicted octanol–water partition coefficient (Wildman–Crippen LogP) is 3.83. The lowest BCUT2D eigenvalue weighted by atomic mass is 9.92. The maximum Gasteiger partial charge on any atom is 0.123 e. The Bertz CT molecular complexity index is 535. The van der Waals surface area contributed by atoms with Crippen LogP contribution in [0.25, 0.3) is 0 Å². The first kappa shape index (κ1) is 12.8. The molecule has 2 heteroatoms. The molecule has 1 nitrogen and oxygen atoms in total. The van der Waals surface area contributed by atoms with E-state index in [1.807, 2.05) is 20.8 Å². The Labute approximate surface area is 107 Å². The molecule has 0 fully saturated rings. The van der Waals surface area contributed by atoms with Gasteiger partial charge in [0.15, 0.2) is 0 Å². The van der Waals surface area contributed by atoms with Crippen molar-refractivity contribution in [1.82, 2.24) is 0 Å². The van der Waals surface area contributed by atoms with Crippen molar-refractivity contribution in [1.29, 1.82) is 0 Å². The molecule has 0 aliphatic heterocycles. The van der Waals surface area contributed by atoms with Crippen LogP contribution in [0.1, 0.15) is 33.9 Å². The number of hydrogen-bond acceptors (Lipinski definition) is 1. The Kier molecular flexibility index (Phi) is 3.48. The molecule has 2 aromatic carbocycles. The Morgan fingerprint density at radius 1 is 0.944 bits per heavy atom. The van der Waals surface area contributed by atoms with E-state index < -0.39 is 6.10 Å². The zero-order valence-corrected chi connectivity index (χ0v) is 10.9. The molecule has 0 aliphatic rings. The van der Waals surface area contributed by atoms with Crippen LogP contribution in [-0.4, -0.2) is 5.11 Å².